The highest BCUT2D eigenvalue weighted by molar-refractivity contribution is 6.33. The lowest BCUT2D eigenvalue weighted by Crippen LogP contribution is -2.47. The smallest absolute Gasteiger partial charge is 0.234 e. The van der Waals surface area contributed by atoms with Gasteiger partial charge in [-0.1, -0.05) is 24.4 Å². The van der Waals surface area contributed by atoms with E-state index in [2.05, 4.69) is 0 Å². The molecule has 0 unspecified atom stereocenters. The van der Waals surface area contributed by atoms with E-state index in [1.54, 1.807) is 18.2 Å². The van der Waals surface area contributed by atoms with Gasteiger partial charge in [-0.2, -0.15) is 0 Å². The highest BCUT2D eigenvalue weighted by Gasteiger charge is 2.45. The molecule has 1 aromatic carbocycles. The van der Waals surface area contributed by atoms with Crippen molar-refractivity contribution >= 4 is 34.8 Å². The van der Waals surface area contributed by atoms with Gasteiger partial charge in [-0.05, 0) is 36.5 Å². The average Bonchev–Trinajstić information content (AvgIpc) is 2.80. The zero-order valence-electron chi connectivity index (χ0n) is 11.2. The summed E-state index contributed by atoms with van der Waals surface area (Å²) in [4.78, 5) is 26.0. The van der Waals surface area contributed by atoms with Crippen molar-refractivity contribution in [1.29, 1.82) is 0 Å². The molecular formula is C15H17ClN2O2. The summed E-state index contributed by atoms with van der Waals surface area (Å²) < 4.78 is 0. The summed E-state index contributed by atoms with van der Waals surface area (Å²) in [5.41, 5.74) is 6.58. The first-order valence-corrected chi connectivity index (χ1v) is 7.29. The summed E-state index contributed by atoms with van der Waals surface area (Å²) in [6.07, 6.45) is 5.13. The molecule has 1 saturated carbocycles. The maximum atomic E-state index is 12.4. The van der Waals surface area contributed by atoms with Crippen LogP contribution in [0.1, 0.15) is 38.5 Å². The number of nitrogen functional groups attached to an aromatic ring is 1. The second-order valence-corrected chi connectivity index (χ2v) is 6.30. The Bertz CT molecular complexity index is 559. The van der Waals surface area contributed by atoms with Crippen molar-refractivity contribution < 1.29 is 9.59 Å². The number of rotatable bonds is 1. The molecule has 2 aliphatic rings. The number of nitrogens with two attached hydrogens (primary N) is 1. The van der Waals surface area contributed by atoms with Gasteiger partial charge in [-0.3, -0.25) is 14.5 Å². The number of benzene rings is 1. The fraction of sp³-hybridized carbons (Fsp3) is 0.467. The molecule has 106 valence electrons. The van der Waals surface area contributed by atoms with Crippen LogP contribution in [0.2, 0.25) is 5.02 Å². The van der Waals surface area contributed by atoms with Crippen LogP contribution >= 0.6 is 11.6 Å². The van der Waals surface area contributed by atoms with E-state index in [0.717, 1.165) is 25.7 Å². The van der Waals surface area contributed by atoms with Gasteiger partial charge in [0.1, 0.15) is 0 Å². The molecule has 0 radical (unpaired) electrons. The first-order valence-electron chi connectivity index (χ1n) is 6.92. The summed E-state index contributed by atoms with van der Waals surface area (Å²) >= 11 is 5.88. The van der Waals surface area contributed by atoms with Gasteiger partial charge in [0.25, 0.3) is 0 Å². The Hall–Kier alpha value is -1.55. The van der Waals surface area contributed by atoms with E-state index >= 15 is 0 Å². The minimum atomic E-state index is -0.120. The zero-order chi connectivity index (χ0) is 14.3. The van der Waals surface area contributed by atoms with Gasteiger partial charge in [-0.15, -0.1) is 0 Å². The van der Waals surface area contributed by atoms with Gasteiger partial charge >= 0.3 is 0 Å². The third-order valence-corrected chi connectivity index (χ3v) is 4.80. The van der Waals surface area contributed by atoms with Crippen molar-refractivity contribution in [1.82, 2.24) is 0 Å². The van der Waals surface area contributed by atoms with E-state index in [9.17, 15) is 9.59 Å². The summed E-state index contributed by atoms with van der Waals surface area (Å²) in [7, 11) is 0. The molecule has 2 amide bonds. The molecule has 0 atom stereocenters. The van der Waals surface area contributed by atoms with Crippen LogP contribution < -0.4 is 10.6 Å². The Balaban J connectivity index is 1.89. The van der Waals surface area contributed by atoms with Crippen LogP contribution in [0.4, 0.5) is 11.4 Å². The van der Waals surface area contributed by atoms with Gasteiger partial charge in [0, 0.05) is 12.8 Å². The molecule has 0 bridgehead atoms. The van der Waals surface area contributed by atoms with E-state index < -0.39 is 0 Å². The molecule has 1 aromatic rings. The van der Waals surface area contributed by atoms with Crippen LogP contribution in [0, 0.1) is 5.41 Å². The van der Waals surface area contributed by atoms with E-state index in [0.29, 0.717) is 29.2 Å². The topological polar surface area (TPSA) is 63.4 Å². The van der Waals surface area contributed by atoms with Crippen LogP contribution in [0.25, 0.3) is 0 Å². The minimum Gasteiger partial charge on any atom is -0.397 e. The van der Waals surface area contributed by atoms with Gasteiger partial charge in [-0.25, -0.2) is 0 Å². The summed E-state index contributed by atoms with van der Waals surface area (Å²) in [6.45, 7) is 0. The molecule has 1 saturated heterocycles. The van der Waals surface area contributed by atoms with E-state index in [-0.39, 0.29) is 17.2 Å². The quantitative estimate of drug-likeness (QED) is 0.639. The maximum Gasteiger partial charge on any atom is 0.234 e. The Labute approximate surface area is 122 Å². The molecule has 1 spiro atoms. The van der Waals surface area contributed by atoms with Crippen LogP contribution in [-0.4, -0.2) is 11.8 Å². The second-order valence-electron chi connectivity index (χ2n) is 5.89. The SMILES string of the molecule is Nc1cc(N2C(=O)CC3(CCCC3)CC2=O)ccc1Cl. The Kier molecular flexibility index (Phi) is 3.21. The third kappa shape index (κ3) is 2.18. The molecule has 5 heteroatoms. The number of hydrogen-bond donors (Lipinski definition) is 1. The molecule has 1 aliphatic heterocycles. The van der Waals surface area contributed by atoms with Crippen LogP contribution in [0.5, 0.6) is 0 Å². The fourth-order valence-corrected chi connectivity index (χ4v) is 3.56. The maximum absolute atomic E-state index is 12.4. The number of piperidine rings is 1. The Morgan fingerprint density at radius 2 is 1.70 bits per heavy atom. The molecule has 0 aromatic heterocycles. The predicted octanol–water partition coefficient (Wildman–Crippen LogP) is 3.14. The molecule has 1 aliphatic carbocycles. The average molecular weight is 293 g/mol. The van der Waals surface area contributed by atoms with Gasteiger partial charge in [0.15, 0.2) is 0 Å². The van der Waals surface area contributed by atoms with E-state index in [4.69, 9.17) is 17.3 Å². The van der Waals surface area contributed by atoms with Crippen molar-refractivity contribution in [3.8, 4) is 0 Å². The van der Waals surface area contributed by atoms with Crippen molar-refractivity contribution in [2.45, 2.75) is 38.5 Å². The van der Waals surface area contributed by atoms with Crippen molar-refractivity contribution in [2.75, 3.05) is 10.6 Å². The molecule has 2 fully saturated rings. The monoisotopic (exact) mass is 292 g/mol. The third-order valence-electron chi connectivity index (χ3n) is 4.45. The van der Waals surface area contributed by atoms with Crippen LogP contribution in [-0.2, 0) is 9.59 Å². The second kappa shape index (κ2) is 4.77. The minimum absolute atomic E-state index is 0.0807. The lowest BCUT2D eigenvalue weighted by atomic mass is 9.76. The highest BCUT2D eigenvalue weighted by atomic mass is 35.5. The first-order chi connectivity index (χ1) is 9.51. The normalized spacial score (nSPS) is 21.8. The molecule has 1 heterocycles. The number of imide groups is 1. The van der Waals surface area contributed by atoms with Crippen molar-refractivity contribution in [3.05, 3.63) is 23.2 Å². The molecule has 4 nitrogen and oxygen atoms in total. The van der Waals surface area contributed by atoms with Crippen molar-refractivity contribution in [2.24, 2.45) is 5.41 Å². The van der Waals surface area contributed by atoms with Crippen LogP contribution in [0.15, 0.2) is 18.2 Å². The molecule has 3 rings (SSSR count). The number of halogens is 1. The number of nitrogens with zero attached hydrogens (tertiary/aromatic N) is 1. The molecule has 20 heavy (non-hydrogen) atoms. The van der Waals surface area contributed by atoms with E-state index in [1.807, 2.05) is 0 Å². The highest BCUT2D eigenvalue weighted by Crippen LogP contribution is 2.47. The lowest BCUT2D eigenvalue weighted by molar-refractivity contribution is -0.133. The largest absolute Gasteiger partial charge is 0.397 e. The number of carbonyl (C=O) groups is 2. The summed E-state index contributed by atoms with van der Waals surface area (Å²) in [5, 5.41) is 0.429. The first kappa shape index (κ1) is 13.4. The zero-order valence-corrected chi connectivity index (χ0v) is 11.9. The van der Waals surface area contributed by atoms with Gasteiger partial charge in [0.2, 0.25) is 11.8 Å². The predicted molar refractivity (Wildman–Crippen MR) is 78.5 cm³/mol. The summed E-state index contributed by atoms with van der Waals surface area (Å²) in [5.74, 6) is -0.241. The molecular weight excluding hydrogens is 276 g/mol. The Morgan fingerprint density at radius 3 is 2.25 bits per heavy atom. The number of amides is 2. The fourth-order valence-electron chi connectivity index (χ4n) is 3.44. The standard InChI is InChI=1S/C15H17ClN2O2/c16-11-4-3-10(7-12(11)17)18-13(19)8-15(9-14(18)20)5-1-2-6-15/h3-4,7H,1-2,5-6,8-9,17H2. The van der Waals surface area contributed by atoms with Gasteiger partial charge in [0.05, 0.1) is 16.4 Å². The van der Waals surface area contributed by atoms with Crippen molar-refractivity contribution in [3.63, 3.8) is 0 Å². The van der Waals surface area contributed by atoms with E-state index in [1.165, 1.54) is 4.90 Å². The van der Waals surface area contributed by atoms with Gasteiger partial charge < -0.3 is 5.73 Å². The molecule has 2 N–H and O–H groups in total. The number of carbonyl (C=O) groups excluding carboxylic acids is 2. The van der Waals surface area contributed by atoms with Crippen LogP contribution in [0.3, 0.4) is 0 Å². The number of anilines is 2. The number of hydrogen-bond acceptors (Lipinski definition) is 3. The Morgan fingerprint density at radius 1 is 1.10 bits per heavy atom. The lowest BCUT2D eigenvalue weighted by Gasteiger charge is -2.37. The summed E-state index contributed by atoms with van der Waals surface area (Å²) in [6, 6.07) is 4.87.